The van der Waals surface area contributed by atoms with E-state index in [0.29, 0.717) is 12.4 Å². The van der Waals surface area contributed by atoms with E-state index in [1.807, 2.05) is 72.8 Å². The Kier molecular flexibility index (Phi) is 5.18. The number of rotatable bonds is 6. The monoisotopic (exact) mass is 405 g/mol. The first-order chi connectivity index (χ1) is 15.3. The number of para-hydroxylation sites is 1. The van der Waals surface area contributed by atoms with E-state index >= 15 is 0 Å². The Labute approximate surface area is 179 Å². The Morgan fingerprint density at radius 1 is 0.774 bits per heavy atom. The quantitative estimate of drug-likeness (QED) is 0.395. The number of tetrazole rings is 1. The average Bonchev–Trinajstić information content (AvgIpc) is 3.37. The van der Waals surface area contributed by atoms with Gasteiger partial charge in [-0.1, -0.05) is 72.8 Å². The lowest BCUT2D eigenvalue weighted by Crippen LogP contribution is -1.98. The molecular formula is C25H19N5O. The largest absolute Gasteiger partial charge is 0.487 e. The van der Waals surface area contributed by atoms with Gasteiger partial charge in [-0.2, -0.15) is 5.21 Å². The first-order valence-corrected chi connectivity index (χ1v) is 9.93. The summed E-state index contributed by atoms with van der Waals surface area (Å²) in [5.41, 5.74) is 5.00. The van der Waals surface area contributed by atoms with Crippen LogP contribution in [0.25, 0.3) is 34.4 Å². The highest BCUT2D eigenvalue weighted by molar-refractivity contribution is 5.78. The van der Waals surface area contributed by atoms with Crippen LogP contribution in [-0.2, 0) is 6.61 Å². The standard InChI is InChI=1S/C25H19N5O/c1-2-4-24-20(3-1)13-14-22(26-24)17-31-23-15-9-19(10-16-23)6-5-18-7-11-21(12-8-18)25-27-29-30-28-25/h1-16H,17H2,(H,27,28,29,30)/b6-5+. The molecule has 0 aliphatic rings. The Morgan fingerprint density at radius 2 is 1.52 bits per heavy atom. The Bertz CT molecular complexity index is 1310. The van der Waals surface area contributed by atoms with Gasteiger partial charge < -0.3 is 4.74 Å². The first-order valence-electron chi connectivity index (χ1n) is 9.93. The number of benzene rings is 3. The van der Waals surface area contributed by atoms with Crippen molar-refractivity contribution in [1.82, 2.24) is 25.6 Å². The van der Waals surface area contributed by atoms with Crippen molar-refractivity contribution in [3.63, 3.8) is 0 Å². The van der Waals surface area contributed by atoms with Gasteiger partial charge in [-0.3, -0.25) is 0 Å². The number of aromatic amines is 1. The number of fused-ring (bicyclic) bond motifs is 1. The lowest BCUT2D eigenvalue weighted by atomic mass is 10.1. The number of nitrogens with zero attached hydrogens (tertiary/aromatic N) is 4. The maximum Gasteiger partial charge on any atom is 0.204 e. The summed E-state index contributed by atoms with van der Waals surface area (Å²) in [7, 11) is 0. The summed E-state index contributed by atoms with van der Waals surface area (Å²) in [6.07, 6.45) is 4.13. The van der Waals surface area contributed by atoms with Gasteiger partial charge in [0.25, 0.3) is 0 Å². The fraction of sp³-hybridized carbons (Fsp3) is 0.0400. The van der Waals surface area contributed by atoms with Crippen molar-refractivity contribution in [3.8, 4) is 17.1 Å². The molecule has 5 rings (SSSR count). The number of H-pyrrole nitrogens is 1. The second-order valence-corrected chi connectivity index (χ2v) is 7.04. The molecule has 150 valence electrons. The van der Waals surface area contributed by atoms with Gasteiger partial charge in [-0.05, 0) is 40.6 Å². The number of pyridine rings is 1. The Morgan fingerprint density at radius 3 is 2.26 bits per heavy atom. The van der Waals surface area contributed by atoms with Crippen LogP contribution in [0, 0.1) is 0 Å². The predicted octanol–water partition coefficient (Wildman–Crippen LogP) is 5.16. The minimum atomic E-state index is 0.437. The molecule has 2 heterocycles. The number of nitrogens with one attached hydrogen (secondary N) is 1. The van der Waals surface area contributed by atoms with Gasteiger partial charge in [0.1, 0.15) is 12.4 Å². The third-order valence-corrected chi connectivity index (χ3v) is 4.91. The van der Waals surface area contributed by atoms with Crippen molar-refractivity contribution in [2.75, 3.05) is 0 Å². The van der Waals surface area contributed by atoms with Crippen molar-refractivity contribution in [3.05, 3.63) is 102 Å². The molecule has 0 saturated heterocycles. The van der Waals surface area contributed by atoms with Crippen molar-refractivity contribution in [2.24, 2.45) is 0 Å². The lowest BCUT2D eigenvalue weighted by molar-refractivity contribution is 0.302. The summed E-state index contributed by atoms with van der Waals surface area (Å²) in [4.78, 5) is 4.64. The topological polar surface area (TPSA) is 76.6 Å². The predicted molar refractivity (Wildman–Crippen MR) is 121 cm³/mol. The summed E-state index contributed by atoms with van der Waals surface area (Å²) in [5.74, 6) is 1.40. The van der Waals surface area contributed by atoms with Crippen molar-refractivity contribution in [1.29, 1.82) is 0 Å². The summed E-state index contributed by atoms with van der Waals surface area (Å²) in [6.45, 7) is 0.437. The fourth-order valence-electron chi connectivity index (χ4n) is 3.24. The molecule has 1 N–H and O–H groups in total. The zero-order valence-electron chi connectivity index (χ0n) is 16.6. The molecule has 6 heteroatoms. The van der Waals surface area contributed by atoms with E-state index < -0.39 is 0 Å². The Hall–Kier alpha value is -4.32. The Balaban J connectivity index is 1.20. The average molecular weight is 405 g/mol. The highest BCUT2D eigenvalue weighted by Crippen LogP contribution is 2.19. The smallest absolute Gasteiger partial charge is 0.204 e. The highest BCUT2D eigenvalue weighted by Gasteiger charge is 2.02. The summed E-state index contributed by atoms with van der Waals surface area (Å²) < 4.78 is 5.90. The third-order valence-electron chi connectivity index (χ3n) is 4.91. The highest BCUT2D eigenvalue weighted by atomic mass is 16.5. The second-order valence-electron chi connectivity index (χ2n) is 7.04. The van der Waals surface area contributed by atoms with Gasteiger partial charge in [0.2, 0.25) is 5.82 Å². The summed E-state index contributed by atoms with van der Waals surface area (Å²) in [6, 6.07) is 28.2. The number of aromatic nitrogens is 5. The van der Waals surface area contributed by atoms with Crippen LogP contribution in [0.1, 0.15) is 16.8 Å². The van der Waals surface area contributed by atoms with E-state index in [0.717, 1.165) is 39.0 Å². The molecule has 0 aliphatic carbocycles. The molecule has 0 spiro atoms. The van der Waals surface area contributed by atoms with Gasteiger partial charge in [0.15, 0.2) is 0 Å². The van der Waals surface area contributed by atoms with E-state index in [4.69, 9.17) is 4.74 Å². The molecule has 0 unspecified atom stereocenters. The number of hydrogen-bond donors (Lipinski definition) is 1. The molecule has 0 saturated carbocycles. The fourth-order valence-corrected chi connectivity index (χ4v) is 3.24. The van der Waals surface area contributed by atoms with Crippen molar-refractivity contribution >= 4 is 23.1 Å². The van der Waals surface area contributed by atoms with Crippen molar-refractivity contribution < 1.29 is 4.74 Å². The van der Waals surface area contributed by atoms with Gasteiger partial charge in [0.05, 0.1) is 11.2 Å². The van der Waals surface area contributed by atoms with Crippen molar-refractivity contribution in [2.45, 2.75) is 6.61 Å². The lowest BCUT2D eigenvalue weighted by Gasteiger charge is -2.07. The van der Waals surface area contributed by atoms with Crippen LogP contribution in [-0.4, -0.2) is 25.6 Å². The molecule has 3 aromatic carbocycles. The van der Waals surface area contributed by atoms with Crippen LogP contribution in [0.15, 0.2) is 84.9 Å². The third kappa shape index (κ3) is 4.48. The normalized spacial score (nSPS) is 11.2. The second kappa shape index (κ2) is 8.59. The zero-order chi connectivity index (χ0) is 20.9. The van der Waals surface area contributed by atoms with E-state index in [-0.39, 0.29) is 0 Å². The van der Waals surface area contributed by atoms with Gasteiger partial charge in [-0.25, -0.2) is 4.98 Å². The molecule has 2 aromatic heterocycles. The summed E-state index contributed by atoms with van der Waals surface area (Å²) >= 11 is 0. The number of ether oxygens (including phenoxy) is 1. The van der Waals surface area contributed by atoms with Crippen LogP contribution < -0.4 is 4.74 Å². The number of hydrogen-bond acceptors (Lipinski definition) is 5. The molecule has 31 heavy (non-hydrogen) atoms. The minimum Gasteiger partial charge on any atom is -0.487 e. The van der Waals surface area contributed by atoms with Crippen LogP contribution in [0.4, 0.5) is 0 Å². The molecular weight excluding hydrogens is 386 g/mol. The molecule has 0 amide bonds. The minimum absolute atomic E-state index is 0.437. The van der Waals surface area contributed by atoms with Crippen LogP contribution in [0.3, 0.4) is 0 Å². The first kappa shape index (κ1) is 18.7. The van der Waals surface area contributed by atoms with E-state index in [1.165, 1.54) is 0 Å². The zero-order valence-corrected chi connectivity index (χ0v) is 16.6. The van der Waals surface area contributed by atoms with Gasteiger partial charge in [0, 0.05) is 10.9 Å². The molecule has 0 fully saturated rings. The molecule has 6 nitrogen and oxygen atoms in total. The molecule has 0 aliphatic heterocycles. The molecule has 0 radical (unpaired) electrons. The summed E-state index contributed by atoms with van der Waals surface area (Å²) in [5, 5.41) is 15.1. The molecule has 0 atom stereocenters. The van der Waals surface area contributed by atoms with Gasteiger partial charge >= 0.3 is 0 Å². The molecule has 0 bridgehead atoms. The van der Waals surface area contributed by atoms with E-state index in [1.54, 1.807) is 0 Å². The maximum atomic E-state index is 5.90. The SMILES string of the molecule is C(=C\c1ccc(-c2nn[nH]n2)cc1)/c1ccc(OCc2ccc3ccccc3n2)cc1. The van der Waals surface area contributed by atoms with Gasteiger partial charge in [-0.15, -0.1) is 10.2 Å². The van der Waals surface area contributed by atoms with Crippen LogP contribution in [0.2, 0.25) is 0 Å². The van der Waals surface area contributed by atoms with Crippen LogP contribution in [0.5, 0.6) is 5.75 Å². The molecule has 5 aromatic rings. The van der Waals surface area contributed by atoms with E-state index in [9.17, 15) is 0 Å². The van der Waals surface area contributed by atoms with E-state index in [2.05, 4.69) is 49.9 Å². The van der Waals surface area contributed by atoms with Crippen LogP contribution >= 0.6 is 0 Å². The maximum absolute atomic E-state index is 5.90.